The molecule has 0 bridgehead atoms. The van der Waals surface area contributed by atoms with Crippen molar-refractivity contribution < 1.29 is 23.0 Å². The molecule has 1 aromatic heterocycles. The Bertz CT molecular complexity index is 1220. The highest BCUT2D eigenvalue weighted by Crippen LogP contribution is 2.34. The summed E-state index contributed by atoms with van der Waals surface area (Å²) in [5.41, 5.74) is 1.63. The van der Waals surface area contributed by atoms with Gasteiger partial charge in [-0.15, -0.1) is 0 Å². The SMILES string of the molecule is COc1ccc(S(=O)(=O)n2cc(CCCCCCCCCCCCCCCCO)c3cccc(OC)c32)cc1. The lowest BCUT2D eigenvalue weighted by Crippen LogP contribution is -2.12. The molecule has 0 atom stereocenters. The molecule has 0 fully saturated rings. The molecule has 1 N–H and O–H groups in total. The van der Waals surface area contributed by atoms with Crippen molar-refractivity contribution in [3.8, 4) is 11.5 Å². The second-order valence-electron chi connectivity index (χ2n) is 10.4. The van der Waals surface area contributed by atoms with Crippen molar-refractivity contribution in [2.45, 2.75) is 101 Å². The van der Waals surface area contributed by atoms with Crippen LogP contribution in [-0.2, 0) is 16.4 Å². The number of methoxy groups -OCH3 is 2. The Morgan fingerprint density at radius 1 is 0.692 bits per heavy atom. The largest absolute Gasteiger partial charge is 0.497 e. The zero-order valence-corrected chi connectivity index (χ0v) is 24.7. The van der Waals surface area contributed by atoms with E-state index in [1.807, 2.05) is 18.2 Å². The first-order valence-corrected chi connectivity index (χ1v) is 16.1. The van der Waals surface area contributed by atoms with Crippen molar-refractivity contribution in [1.29, 1.82) is 0 Å². The van der Waals surface area contributed by atoms with Crippen LogP contribution < -0.4 is 9.47 Å². The van der Waals surface area contributed by atoms with Crippen molar-refractivity contribution in [1.82, 2.24) is 3.97 Å². The average Bonchev–Trinajstić information content (AvgIpc) is 3.35. The molecule has 0 aliphatic carbocycles. The molecule has 0 aliphatic heterocycles. The molecule has 39 heavy (non-hydrogen) atoms. The lowest BCUT2D eigenvalue weighted by Gasteiger charge is -2.10. The van der Waals surface area contributed by atoms with Gasteiger partial charge in [-0.3, -0.25) is 0 Å². The predicted octanol–water partition coefficient (Wildman–Crippen LogP) is 7.89. The van der Waals surface area contributed by atoms with Crippen LogP contribution in [0.25, 0.3) is 10.9 Å². The Morgan fingerprint density at radius 3 is 1.74 bits per heavy atom. The van der Waals surface area contributed by atoms with E-state index in [9.17, 15) is 8.42 Å². The molecular weight excluding hydrogens is 510 g/mol. The number of aromatic nitrogens is 1. The molecule has 3 aromatic rings. The van der Waals surface area contributed by atoms with E-state index in [2.05, 4.69) is 0 Å². The number of hydrogen-bond acceptors (Lipinski definition) is 5. The summed E-state index contributed by atoms with van der Waals surface area (Å²) < 4.78 is 39.3. The van der Waals surface area contributed by atoms with Gasteiger partial charge in [0.1, 0.15) is 17.0 Å². The number of hydrogen-bond donors (Lipinski definition) is 1. The number of ether oxygens (including phenoxy) is 2. The van der Waals surface area contributed by atoms with Gasteiger partial charge >= 0.3 is 0 Å². The average molecular weight is 558 g/mol. The van der Waals surface area contributed by atoms with E-state index in [1.165, 1.54) is 68.2 Å². The Hall–Kier alpha value is -2.51. The smallest absolute Gasteiger partial charge is 0.268 e. The molecule has 1 heterocycles. The maximum Gasteiger partial charge on any atom is 0.268 e. The van der Waals surface area contributed by atoms with E-state index in [4.69, 9.17) is 14.6 Å². The number of aliphatic hydroxyl groups is 1. The van der Waals surface area contributed by atoms with Crippen molar-refractivity contribution in [3.05, 3.63) is 54.2 Å². The quantitative estimate of drug-likeness (QED) is 0.143. The Balaban J connectivity index is 1.48. The van der Waals surface area contributed by atoms with Crippen LogP contribution in [0.5, 0.6) is 11.5 Å². The maximum atomic E-state index is 13.6. The number of unbranched alkanes of at least 4 members (excludes halogenated alkanes) is 13. The van der Waals surface area contributed by atoms with Gasteiger partial charge in [0.05, 0.1) is 19.1 Å². The third kappa shape index (κ3) is 9.00. The van der Waals surface area contributed by atoms with Crippen LogP contribution in [0.4, 0.5) is 0 Å². The third-order valence-electron chi connectivity index (χ3n) is 7.53. The second-order valence-corrected chi connectivity index (χ2v) is 12.2. The van der Waals surface area contributed by atoms with Crippen LogP contribution >= 0.6 is 0 Å². The fourth-order valence-electron chi connectivity index (χ4n) is 5.25. The highest BCUT2D eigenvalue weighted by Gasteiger charge is 2.23. The van der Waals surface area contributed by atoms with E-state index in [0.717, 1.165) is 43.1 Å². The van der Waals surface area contributed by atoms with Crippen LogP contribution in [-0.4, -0.2) is 38.3 Å². The lowest BCUT2D eigenvalue weighted by atomic mass is 10.0. The van der Waals surface area contributed by atoms with Crippen molar-refractivity contribution in [3.63, 3.8) is 0 Å². The summed E-state index contributed by atoms with van der Waals surface area (Å²) in [5, 5.41) is 9.74. The molecule has 216 valence electrons. The minimum atomic E-state index is -3.79. The highest BCUT2D eigenvalue weighted by atomic mass is 32.2. The van der Waals surface area contributed by atoms with Crippen LogP contribution in [0.1, 0.15) is 95.5 Å². The first-order chi connectivity index (χ1) is 19.0. The predicted molar refractivity (Wildman–Crippen MR) is 159 cm³/mol. The van der Waals surface area contributed by atoms with Gasteiger partial charge in [0.25, 0.3) is 10.0 Å². The Kier molecular flexibility index (Phi) is 13.2. The fourth-order valence-corrected chi connectivity index (χ4v) is 6.65. The number of rotatable bonds is 20. The normalized spacial score (nSPS) is 11.8. The van der Waals surface area contributed by atoms with Crippen LogP contribution in [0.3, 0.4) is 0 Å². The van der Waals surface area contributed by atoms with Gasteiger partial charge in [-0.25, -0.2) is 12.4 Å². The summed E-state index contributed by atoms with van der Waals surface area (Å²) in [5.74, 6) is 1.17. The molecule has 0 saturated heterocycles. The van der Waals surface area contributed by atoms with Gasteiger partial charge in [-0.1, -0.05) is 89.2 Å². The monoisotopic (exact) mass is 557 g/mol. The molecule has 0 saturated carbocycles. The van der Waals surface area contributed by atoms with Gasteiger partial charge in [0.15, 0.2) is 0 Å². The van der Waals surface area contributed by atoms with Crippen LogP contribution in [0.15, 0.2) is 53.6 Å². The topological polar surface area (TPSA) is 77.8 Å². The minimum absolute atomic E-state index is 0.218. The maximum absolute atomic E-state index is 13.6. The summed E-state index contributed by atoms with van der Waals surface area (Å²) in [6.07, 6.45) is 19.9. The first kappa shape index (κ1) is 31.0. The van der Waals surface area contributed by atoms with E-state index in [1.54, 1.807) is 44.7 Å². The van der Waals surface area contributed by atoms with E-state index < -0.39 is 10.0 Å². The molecular formula is C32H47NO5S. The standard InChI is InChI=1S/C32H47NO5S/c1-37-28-21-23-29(24-22-28)39(35,36)33-26-27(30-19-17-20-31(38-2)32(30)33)18-15-13-11-9-7-5-3-4-6-8-10-12-14-16-25-34/h17,19-24,26,34H,3-16,18,25H2,1-2H3. The summed E-state index contributed by atoms with van der Waals surface area (Å²) in [4.78, 5) is 0.218. The molecule has 0 aliphatic rings. The zero-order chi connectivity index (χ0) is 27.9. The number of aryl methyl sites for hydroxylation is 1. The summed E-state index contributed by atoms with van der Waals surface area (Å²) >= 11 is 0. The molecule has 0 spiro atoms. The Labute approximate surface area is 235 Å². The number of nitrogens with zero attached hydrogens (tertiary/aromatic N) is 1. The molecule has 0 radical (unpaired) electrons. The molecule has 0 unspecified atom stereocenters. The van der Waals surface area contributed by atoms with Gasteiger partial charge in [0, 0.05) is 18.2 Å². The number of aliphatic hydroxyl groups excluding tert-OH is 1. The third-order valence-corrected chi connectivity index (χ3v) is 9.20. The van der Waals surface area contributed by atoms with Crippen molar-refractivity contribution in [2.75, 3.05) is 20.8 Å². The van der Waals surface area contributed by atoms with Crippen LogP contribution in [0.2, 0.25) is 0 Å². The lowest BCUT2D eigenvalue weighted by molar-refractivity contribution is 0.282. The Morgan fingerprint density at radius 2 is 1.23 bits per heavy atom. The highest BCUT2D eigenvalue weighted by molar-refractivity contribution is 7.90. The minimum Gasteiger partial charge on any atom is -0.497 e. The zero-order valence-electron chi connectivity index (χ0n) is 23.9. The molecule has 2 aromatic carbocycles. The van der Waals surface area contributed by atoms with Crippen molar-refractivity contribution in [2.24, 2.45) is 0 Å². The van der Waals surface area contributed by atoms with Gasteiger partial charge in [-0.2, -0.15) is 0 Å². The molecule has 0 amide bonds. The summed E-state index contributed by atoms with van der Waals surface area (Å²) in [7, 11) is -0.652. The van der Waals surface area contributed by atoms with E-state index in [-0.39, 0.29) is 4.90 Å². The fraction of sp³-hybridized carbons (Fsp3) is 0.562. The van der Waals surface area contributed by atoms with Gasteiger partial charge < -0.3 is 14.6 Å². The summed E-state index contributed by atoms with van der Waals surface area (Å²) in [6, 6.07) is 12.2. The first-order valence-electron chi connectivity index (χ1n) is 14.7. The number of fused-ring (bicyclic) bond motifs is 1. The van der Waals surface area contributed by atoms with Crippen molar-refractivity contribution >= 4 is 20.9 Å². The molecule has 3 rings (SSSR count). The number of para-hydroxylation sites is 1. The molecule has 7 heteroatoms. The van der Waals surface area contributed by atoms with E-state index >= 15 is 0 Å². The van der Waals surface area contributed by atoms with Crippen LogP contribution in [0, 0.1) is 0 Å². The molecule has 6 nitrogen and oxygen atoms in total. The number of benzene rings is 2. The second kappa shape index (κ2) is 16.6. The van der Waals surface area contributed by atoms with Gasteiger partial charge in [-0.05, 0) is 55.2 Å². The summed E-state index contributed by atoms with van der Waals surface area (Å²) in [6.45, 7) is 0.329. The van der Waals surface area contributed by atoms with Gasteiger partial charge in [0.2, 0.25) is 0 Å². The van der Waals surface area contributed by atoms with E-state index in [0.29, 0.717) is 23.6 Å².